The molecule has 0 aliphatic carbocycles. The summed E-state index contributed by atoms with van der Waals surface area (Å²) in [4.78, 5) is 36.4. The molecule has 0 saturated carbocycles. The van der Waals surface area contributed by atoms with E-state index in [0.29, 0.717) is 25.2 Å². The zero-order valence-electron chi connectivity index (χ0n) is 14.7. The van der Waals surface area contributed by atoms with Gasteiger partial charge < -0.3 is 9.84 Å². The highest BCUT2D eigenvalue weighted by molar-refractivity contribution is 6.00. The number of benzene rings is 1. The molecule has 0 radical (unpaired) electrons. The van der Waals surface area contributed by atoms with Gasteiger partial charge in [0.25, 0.3) is 0 Å². The number of nitrogens with zero attached hydrogens (tertiary/aromatic N) is 2. The fourth-order valence-corrected chi connectivity index (χ4v) is 3.48. The molecule has 1 aromatic carbocycles. The highest BCUT2D eigenvalue weighted by Gasteiger charge is 2.31. The van der Waals surface area contributed by atoms with Gasteiger partial charge in [-0.15, -0.1) is 0 Å². The number of hydrogen-bond donors (Lipinski definition) is 2. The number of aliphatic hydroxyl groups is 1. The number of nitrogens with one attached hydrogen (secondary N) is 1. The maximum atomic E-state index is 12.8. The number of fused-ring (bicyclic) bond motifs is 1. The van der Waals surface area contributed by atoms with Gasteiger partial charge in [-0.2, -0.15) is 0 Å². The van der Waals surface area contributed by atoms with Gasteiger partial charge in [0.2, 0.25) is 11.8 Å². The summed E-state index contributed by atoms with van der Waals surface area (Å²) in [5, 5.41) is 11.0. The molecule has 8 heteroatoms. The van der Waals surface area contributed by atoms with Crippen LogP contribution in [0.4, 0.5) is 0 Å². The van der Waals surface area contributed by atoms with E-state index in [4.69, 9.17) is 9.84 Å². The average molecular weight is 361 g/mol. The molecule has 1 aromatic heterocycles. The summed E-state index contributed by atoms with van der Waals surface area (Å²) in [7, 11) is 1.69. The SMILES string of the molecule is Cn1c(=O)n(C2CCC(=O)NC2=O)c2cccc(CCCOCCO)c21. The first-order valence-electron chi connectivity index (χ1n) is 8.75. The number of aliphatic hydroxyl groups excluding tert-OH is 1. The first kappa shape index (κ1) is 18.3. The van der Waals surface area contributed by atoms with Crippen LogP contribution in [0.3, 0.4) is 0 Å². The van der Waals surface area contributed by atoms with Crippen molar-refractivity contribution in [3.05, 3.63) is 34.2 Å². The highest BCUT2D eigenvalue weighted by Crippen LogP contribution is 2.25. The second kappa shape index (κ2) is 7.84. The lowest BCUT2D eigenvalue weighted by atomic mass is 10.0. The molecular weight excluding hydrogens is 338 g/mol. The number of imidazole rings is 1. The van der Waals surface area contributed by atoms with Crippen LogP contribution in [0.15, 0.2) is 23.0 Å². The van der Waals surface area contributed by atoms with E-state index in [-0.39, 0.29) is 24.6 Å². The van der Waals surface area contributed by atoms with E-state index in [1.165, 1.54) is 4.57 Å². The molecular formula is C18H23N3O5. The van der Waals surface area contributed by atoms with Crippen LogP contribution in [0.1, 0.15) is 30.9 Å². The summed E-state index contributed by atoms with van der Waals surface area (Å²) in [6.07, 6.45) is 2.02. The van der Waals surface area contributed by atoms with Crippen LogP contribution < -0.4 is 11.0 Å². The molecule has 1 atom stereocenters. The van der Waals surface area contributed by atoms with Gasteiger partial charge in [0, 0.05) is 20.1 Å². The van der Waals surface area contributed by atoms with Crippen LogP contribution in [-0.4, -0.2) is 45.9 Å². The van der Waals surface area contributed by atoms with Crippen LogP contribution in [0, 0.1) is 0 Å². The monoisotopic (exact) mass is 361 g/mol. The minimum atomic E-state index is -0.674. The third-order valence-corrected chi connectivity index (χ3v) is 4.68. The number of para-hydroxylation sites is 1. The van der Waals surface area contributed by atoms with E-state index < -0.39 is 11.9 Å². The van der Waals surface area contributed by atoms with E-state index in [0.717, 1.165) is 23.9 Å². The summed E-state index contributed by atoms with van der Waals surface area (Å²) in [5.41, 5.74) is 2.23. The summed E-state index contributed by atoms with van der Waals surface area (Å²) >= 11 is 0. The van der Waals surface area contributed by atoms with Gasteiger partial charge in [-0.3, -0.25) is 24.0 Å². The third-order valence-electron chi connectivity index (χ3n) is 4.68. The Bertz CT molecular complexity index is 883. The zero-order valence-corrected chi connectivity index (χ0v) is 14.7. The predicted octanol–water partition coefficient (Wildman–Crippen LogP) is 0.259. The Hall–Kier alpha value is -2.45. The Kier molecular flexibility index (Phi) is 5.53. The lowest BCUT2D eigenvalue weighted by Crippen LogP contribution is -2.44. The first-order chi connectivity index (χ1) is 12.5. The van der Waals surface area contributed by atoms with E-state index in [1.54, 1.807) is 11.6 Å². The molecule has 2 amide bonds. The minimum Gasteiger partial charge on any atom is -0.394 e. The minimum absolute atomic E-state index is 0.00110. The van der Waals surface area contributed by atoms with Crippen LogP contribution in [0.2, 0.25) is 0 Å². The molecule has 2 aromatic rings. The fraction of sp³-hybridized carbons (Fsp3) is 0.500. The van der Waals surface area contributed by atoms with Crippen LogP contribution >= 0.6 is 0 Å². The van der Waals surface area contributed by atoms with Crippen molar-refractivity contribution >= 4 is 22.8 Å². The molecule has 1 aliphatic rings. The third kappa shape index (κ3) is 3.42. The van der Waals surface area contributed by atoms with Crippen LogP contribution in [-0.2, 0) is 27.8 Å². The highest BCUT2D eigenvalue weighted by atomic mass is 16.5. The van der Waals surface area contributed by atoms with E-state index in [9.17, 15) is 14.4 Å². The van der Waals surface area contributed by atoms with Gasteiger partial charge in [-0.05, 0) is 30.9 Å². The predicted molar refractivity (Wildman–Crippen MR) is 94.8 cm³/mol. The second-order valence-electron chi connectivity index (χ2n) is 6.40. The zero-order chi connectivity index (χ0) is 18.7. The summed E-state index contributed by atoms with van der Waals surface area (Å²) < 4.78 is 8.33. The molecule has 1 aliphatic heterocycles. The maximum Gasteiger partial charge on any atom is 0.329 e. The molecule has 3 rings (SSSR count). The van der Waals surface area contributed by atoms with E-state index in [1.807, 2.05) is 18.2 Å². The van der Waals surface area contributed by atoms with Gasteiger partial charge in [-0.25, -0.2) is 4.79 Å². The number of amides is 2. The second-order valence-corrected chi connectivity index (χ2v) is 6.40. The Morgan fingerprint density at radius 1 is 1.27 bits per heavy atom. The van der Waals surface area contributed by atoms with E-state index >= 15 is 0 Å². The molecule has 1 saturated heterocycles. The molecule has 140 valence electrons. The molecule has 1 unspecified atom stereocenters. The van der Waals surface area contributed by atoms with E-state index in [2.05, 4.69) is 5.32 Å². The average Bonchev–Trinajstić information content (AvgIpc) is 2.87. The smallest absolute Gasteiger partial charge is 0.329 e. The Labute approximate surface area is 150 Å². The Morgan fingerprint density at radius 3 is 2.81 bits per heavy atom. The molecule has 8 nitrogen and oxygen atoms in total. The van der Waals surface area contributed by atoms with Crippen LogP contribution in [0.25, 0.3) is 11.0 Å². The largest absolute Gasteiger partial charge is 0.394 e. The number of imide groups is 1. The lowest BCUT2D eigenvalue weighted by molar-refractivity contribution is -0.135. The van der Waals surface area contributed by atoms with Crippen LogP contribution in [0.5, 0.6) is 0 Å². The number of aromatic nitrogens is 2. The number of rotatable bonds is 7. The number of carbonyl (C=O) groups is 2. The molecule has 1 fully saturated rings. The van der Waals surface area contributed by atoms with Crippen molar-refractivity contribution in [3.8, 4) is 0 Å². The van der Waals surface area contributed by atoms with Gasteiger partial charge in [-0.1, -0.05) is 12.1 Å². The molecule has 2 heterocycles. The standard InChI is InChI=1S/C18H23N3O5/c1-20-16-12(5-3-10-26-11-9-22)4-2-6-13(16)21(18(20)25)14-7-8-15(23)19-17(14)24/h2,4,6,14,22H,3,5,7-11H2,1H3,(H,19,23,24). The van der Waals surface area contributed by atoms with Crippen molar-refractivity contribution in [2.24, 2.45) is 7.05 Å². The summed E-state index contributed by atoms with van der Waals surface area (Å²) in [5.74, 6) is -0.734. The first-order valence-corrected chi connectivity index (χ1v) is 8.75. The van der Waals surface area contributed by atoms with Gasteiger partial charge in [0.1, 0.15) is 6.04 Å². The Morgan fingerprint density at radius 2 is 2.08 bits per heavy atom. The van der Waals surface area contributed by atoms with Crippen molar-refractivity contribution in [1.82, 2.24) is 14.5 Å². The van der Waals surface area contributed by atoms with Crippen molar-refractivity contribution < 1.29 is 19.4 Å². The maximum absolute atomic E-state index is 12.8. The molecule has 26 heavy (non-hydrogen) atoms. The molecule has 0 spiro atoms. The lowest BCUT2D eigenvalue weighted by Gasteiger charge is -2.21. The Balaban J connectivity index is 1.93. The van der Waals surface area contributed by atoms with Crippen molar-refractivity contribution in [3.63, 3.8) is 0 Å². The van der Waals surface area contributed by atoms with Crippen molar-refractivity contribution in [1.29, 1.82) is 0 Å². The normalized spacial score (nSPS) is 17.7. The number of hydrogen-bond acceptors (Lipinski definition) is 5. The van der Waals surface area contributed by atoms with Crippen molar-refractivity contribution in [2.45, 2.75) is 31.7 Å². The number of piperidine rings is 1. The van der Waals surface area contributed by atoms with Gasteiger partial charge in [0.15, 0.2) is 0 Å². The number of carbonyl (C=O) groups excluding carboxylic acids is 2. The van der Waals surface area contributed by atoms with Crippen molar-refractivity contribution in [2.75, 3.05) is 19.8 Å². The van der Waals surface area contributed by atoms with Gasteiger partial charge >= 0.3 is 5.69 Å². The number of aryl methyl sites for hydroxylation is 2. The topological polar surface area (TPSA) is 103 Å². The fourth-order valence-electron chi connectivity index (χ4n) is 3.48. The molecule has 2 N–H and O–H groups in total. The summed E-state index contributed by atoms with van der Waals surface area (Å²) in [6, 6.07) is 4.98. The number of ether oxygens (including phenoxy) is 1. The summed E-state index contributed by atoms with van der Waals surface area (Å²) in [6.45, 7) is 0.839. The molecule has 0 bridgehead atoms. The van der Waals surface area contributed by atoms with Gasteiger partial charge in [0.05, 0.1) is 24.2 Å². The quantitative estimate of drug-likeness (QED) is 0.544.